The molecule has 0 saturated heterocycles. The largest absolute Gasteiger partial charge is 0.486 e. The summed E-state index contributed by atoms with van der Waals surface area (Å²) in [5.41, 5.74) is 1.19. The summed E-state index contributed by atoms with van der Waals surface area (Å²) in [6, 6.07) is 6.13. The van der Waals surface area contributed by atoms with Gasteiger partial charge < -0.3 is 19.5 Å². The lowest BCUT2D eigenvalue weighted by Gasteiger charge is -2.19. The van der Waals surface area contributed by atoms with Crippen molar-refractivity contribution in [3.8, 4) is 11.5 Å². The van der Waals surface area contributed by atoms with Crippen molar-refractivity contribution in [3.05, 3.63) is 23.8 Å². The Morgan fingerprint density at radius 3 is 2.86 bits per heavy atom. The van der Waals surface area contributed by atoms with E-state index in [0.717, 1.165) is 24.5 Å². The minimum Gasteiger partial charge on any atom is -0.486 e. The first-order chi connectivity index (χ1) is 10.2. The van der Waals surface area contributed by atoms with Crippen LogP contribution >= 0.6 is 0 Å². The van der Waals surface area contributed by atoms with Crippen molar-refractivity contribution in [1.29, 1.82) is 0 Å². The van der Waals surface area contributed by atoms with E-state index in [0.29, 0.717) is 26.2 Å². The minimum absolute atomic E-state index is 0.112. The fraction of sp³-hybridized carbons (Fsp3) is 0.562. The van der Waals surface area contributed by atoms with E-state index in [-0.39, 0.29) is 12.0 Å². The lowest BCUT2D eigenvalue weighted by Crippen LogP contribution is -2.30. The van der Waals surface area contributed by atoms with Crippen molar-refractivity contribution in [3.63, 3.8) is 0 Å². The number of benzene rings is 1. The molecule has 0 aliphatic carbocycles. The molecule has 1 N–H and O–H groups in total. The van der Waals surface area contributed by atoms with Crippen LogP contribution in [0.3, 0.4) is 0 Å². The Kier molecular flexibility index (Phi) is 5.87. The van der Waals surface area contributed by atoms with Gasteiger partial charge in [0.05, 0.1) is 13.0 Å². The molecule has 1 atom stereocenters. The molecule has 5 heteroatoms. The molecule has 1 aromatic rings. The first-order valence-corrected chi connectivity index (χ1v) is 7.46. The quantitative estimate of drug-likeness (QED) is 0.779. The molecule has 21 heavy (non-hydrogen) atoms. The van der Waals surface area contributed by atoms with E-state index >= 15 is 0 Å². The van der Waals surface area contributed by atoms with Crippen LogP contribution < -0.4 is 14.8 Å². The summed E-state index contributed by atoms with van der Waals surface area (Å²) in [6.45, 7) is 6.26. The van der Waals surface area contributed by atoms with Crippen molar-refractivity contribution in [2.24, 2.45) is 0 Å². The topological polar surface area (TPSA) is 56.8 Å². The molecule has 0 spiro atoms. The summed E-state index contributed by atoms with van der Waals surface area (Å²) >= 11 is 0. The Labute approximate surface area is 125 Å². The molecule has 1 unspecified atom stereocenters. The molecule has 1 aromatic carbocycles. The van der Waals surface area contributed by atoms with Gasteiger partial charge in [0.1, 0.15) is 13.2 Å². The van der Waals surface area contributed by atoms with Crippen LogP contribution in [-0.2, 0) is 16.0 Å². The second kappa shape index (κ2) is 7.88. The number of carbonyl (C=O) groups is 1. The fourth-order valence-corrected chi connectivity index (χ4v) is 2.25. The summed E-state index contributed by atoms with van der Waals surface area (Å²) < 4.78 is 16.0. The molecule has 1 heterocycles. The van der Waals surface area contributed by atoms with Crippen LogP contribution in [0.2, 0.25) is 0 Å². The van der Waals surface area contributed by atoms with Crippen molar-refractivity contribution in [2.45, 2.75) is 32.7 Å². The average Bonchev–Trinajstić information content (AvgIpc) is 2.47. The van der Waals surface area contributed by atoms with E-state index < -0.39 is 0 Å². The molecule has 0 saturated carbocycles. The van der Waals surface area contributed by atoms with E-state index in [1.54, 1.807) is 0 Å². The zero-order valence-corrected chi connectivity index (χ0v) is 12.7. The Morgan fingerprint density at radius 2 is 2.10 bits per heavy atom. The number of hydrogen-bond acceptors (Lipinski definition) is 5. The molecule has 0 radical (unpaired) electrons. The third kappa shape index (κ3) is 4.93. The van der Waals surface area contributed by atoms with E-state index in [2.05, 4.69) is 5.32 Å². The van der Waals surface area contributed by atoms with Crippen LogP contribution in [0.25, 0.3) is 0 Å². The Morgan fingerprint density at radius 1 is 1.33 bits per heavy atom. The maximum Gasteiger partial charge on any atom is 0.307 e. The number of rotatable bonds is 7. The molecule has 116 valence electrons. The van der Waals surface area contributed by atoms with E-state index in [1.165, 1.54) is 5.56 Å². The lowest BCUT2D eigenvalue weighted by atomic mass is 10.1. The van der Waals surface area contributed by atoms with Gasteiger partial charge in [0.2, 0.25) is 0 Å². The van der Waals surface area contributed by atoms with Gasteiger partial charge in [-0.05, 0) is 44.5 Å². The Balaban J connectivity index is 1.74. The first-order valence-electron chi connectivity index (χ1n) is 7.46. The van der Waals surface area contributed by atoms with Crippen LogP contribution in [0.1, 0.15) is 25.8 Å². The van der Waals surface area contributed by atoms with Gasteiger partial charge in [0.15, 0.2) is 11.5 Å². The molecule has 2 rings (SSSR count). The maximum atomic E-state index is 11.4. The molecular weight excluding hydrogens is 270 g/mol. The number of carbonyl (C=O) groups excluding carboxylic acids is 1. The standard InChI is InChI=1S/C16H23NO4/c1-3-19-16(18)10-12(2)17-7-6-13-4-5-14-15(11-13)21-9-8-20-14/h4-5,11-12,17H,3,6-10H2,1-2H3. The van der Waals surface area contributed by atoms with Crippen molar-refractivity contribution in [2.75, 3.05) is 26.4 Å². The zero-order chi connectivity index (χ0) is 15.1. The molecule has 5 nitrogen and oxygen atoms in total. The van der Waals surface area contributed by atoms with Gasteiger partial charge in [-0.1, -0.05) is 6.07 Å². The highest BCUT2D eigenvalue weighted by Gasteiger charge is 2.12. The molecule has 1 aliphatic heterocycles. The van der Waals surface area contributed by atoms with E-state index in [1.807, 2.05) is 32.0 Å². The van der Waals surface area contributed by atoms with Gasteiger partial charge in [-0.25, -0.2) is 0 Å². The minimum atomic E-state index is -0.156. The number of fused-ring (bicyclic) bond motifs is 1. The molecule has 0 fully saturated rings. The SMILES string of the molecule is CCOC(=O)CC(C)NCCc1ccc2c(c1)OCCO2. The molecule has 0 aromatic heterocycles. The highest BCUT2D eigenvalue weighted by atomic mass is 16.6. The van der Waals surface area contributed by atoms with Gasteiger partial charge in [0.25, 0.3) is 0 Å². The van der Waals surface area contributed by atoms with Crippen molar-refractivity contribution in [1.82, 2.24) is 5.32 Å². The summed E-state index contributed by atoms with van der Waals surface area (Å²) in [5.74, 6) is 1.48. The molecule has 0 amide bonds. The Hall–Kier alpha value is -1.75. The maximum absolute atomic E-state index is 11.4. The average molecular weight is 293 g/mol. The van der Waals surface area contributed by atoms with Gasteiger partial charge >= 0.3 is 5.97 Å². The summed E-state index contributed by atoms with van der Waals surface area (Å²) in [4.78, 5) is 11.4. The van der Waals surface area contributed by atoms with E-state index in [9.17, 15) is 4.79 Å². The van der Waals surface area contributed by atoms with Crippen LogP contribution in [-0.4, -0.2) is 38.4 Å². The second-order valence-electron chi connectivity index (χ2n) is 5.09. The van der Waals surface area contributed by atoms with Gasteiger partial charge in [-0.2, -0.15) is 0 Å². The number of nitrogens with one attached hydrogen (secondary N) is 1. The third-order valence-electron chi connectivity index (χ3n) is 3.29. The smallest absolute Gasteiger partial charge is 0.307 e. The van der Waals surface area contributed by atoms with Crippen LogP contribution in [0, 0.1) is 0 Å². The van der Waals surface area contributed by atoms with Gasteiger partial charge in [-0.15, -0.1) is 0 Å². The molecule has 0 bridgehead atoms. The lowest BCUT2D eigenvalue weighted by molar-refractivity contribution is -0.143. The van der Waals surface area contributed by atoms with Crippen molar-refractivity contribution < 1.29 is 19.0 Å². The van der Waals surface area contributed by atoms with Crippen LogP contribution in [0.4, 0.5) is 0 Å². The van der Waals surface area contributed by atoms with Gasteiger partial charge in [0, 0.05) is 6.04 Å². The molecule has 1 aliphatic rings. The number of esters is 1. The second-order valence-corrected chi connectivity index (χ2v) is 5.09. The summed E-state index contributed by atoms with van der Waals surface area (Å²) in [7, 11) is 0. The zero-order valence-electron chi connectivity index (χ0n) is 12.7. The fourth-order valence-electron chi connectivity index (χ4n) is 2.25. The van der Waals surface area contributed by atoms with Gasteiger partial charge in [-0.3, -0.25) is 4.79 Å². The van der Waals surface area contributed by atoms with Crippen LogP contribution in [0.5, 0.6) is 11.5 Å². The number of hydrogen-bond donors (Lipinski definition) is 1. The summed E-state index contributed by atoms with van der Waals surface area (Å²) in [6.07, 6.45) is 1.28. The predicted molar refractivity (Wildman–Crippen MR) is 79.9 cm³/mol. The summed E-state index contributed by atoms with van der Waals surface area (Å²) in [5, 5.41) is 3.33. The Bertz CT molecular complexity index is 475. The molecular formula is C16H23NO4. The van der Waals surface area contributed by atoms with Crippen molar-refractivity contribution >= 4 is 5.97 Å². The monoisotopic (exact) mass is 293 g/mol. The highest BCUT2D eigenvalue weighted by Crippen LogP contribution is 2.30. The number of ether oxygens (including phenoxy) is 3. The highest BCUT2D eigenvalue weighted by molar-refractivity contribution is 5.70. The normalized spacial score (nSPS) is 14.6. The first kappa shape index (κ1) is 15.6. The third-order valence-corrected chi connectivity index (χ3v) is 3.29. The van der Waals surface area contributed by atoms with E-state index in [4.69, 9.17) is 14.2 Å². The van der Waals surface area contributed by atoms with Crippen LogP contribution in [0.15, 0.2) is 18.2 Å². The predicted octanol–water partition coefficient (Wildman–Crippen LogP) is 1.93.